The zero-order valence-corrected chi connectivity index (χ0v) is 37.1. The first kappa shape index (κ1) is 45.3. The Morgan fingerprint density at radius 3 is 1.59 bits per heavy atom. The maximum absolute atomic E-state index is 14.0. The van der Waals surface area contributed by atoms with Crippen molar-refractivity contribution >= 4 is 57.2 Å². The number of carbonyl (C=O) groups is 6. The van der Waals surface area contributed by atoms with Crippen molar-refractivity contribution in [3.63, 3.8) is 0 Å². The lowest BCUT2D eigenvalue weighted by Crippen LogP contribution is -2.48. The van der Waals surface area contributed by atoms with Crippen LogP contribution < -0.4 is 5.73 Å². The van der Waals surface area contributed by atoms with Crippen LogP contribution in [0, 0.1) is 0 Å². The van der Waals surface area contributed by atoms with Gasteiger partial charge < -0.3 is 38.9 Å². The molecule has 2 aliphatic rings. The van der Waals surface area contributed by atoms with Crippen molar-refractivity contribution in [2.24, 2.45) is 5.73 Å². The van der Waals surface area contributed by atoms with E-state index in [2.05, 4.69) is 9.97 Å². The predicted octanol–water partition coefficient (Wildman–Crippen LogP) is 4.70. The van der Waals surface area contributed by atoms with Crippen molar-refractivity contribution < 1.29 is 43.0 Å². The maximum Gasteiger partial charge on any atom is 0.410 e. The number of ether oxygens (including phenoxy) is 3. The molecule has 4 heterocycles. The smallest absolute Gasteiger partial charge is 0.410 e. The Hall–Kier alpha value is -7.28. The first-order chi connectivity index (χ1) is 31.9. The molecule has 6 aromatic rings. The number of imide groups is 2. The maximum atomic E-state index is 14.0. The number of rotatable bonds is 19. The average molecular weight is 898 g/mol. The van der Waals surface area contributed by atoms with Crippen LogP contribution in [0.1, 0.15) is 68.6 Å². The highest BCUT2D eigenvalue weighted by Gasteiger charge is 2.36. The average Bonchev–Trinajstić information content (AvgIpc) is 4.05. The van der Waals surface area contributed by atoms with Crippen LogP contribution in [0.3, 0.4) is 0 Å². The van der Waals surface area contributed by atoms with E-state index in [0.717, 1.165) is 31.9 Å². The summed E-state index contributed by atoms with van der Waals surface area (Å²) in [6, 6.07) is 17.6. The minimum atomic E-state index is -0.863. The minimum Gasteiger partial charge on any atom is -0.444 e. The fraction of sp³-hybridized carbons (Fsp3) is 0.333. The third-order valence-electron chi connectivity index (χ3n) is 11.4. The second-order valence-corrected chi connectivity index (χ2v) is 16.8. The third kappa shape index (κ3) is 9.28. The molecule has 0 atom stereocenters. The molecule has 2 N–H and O–H groups in total. The molecule has 4 aromatic carbocycles. The molecule has 2 aromatic heterocycles. The van der Waals surface area contributed by atoms with Crippen molar-refractivity contribution in [3.05, 3.63) is 120 Å². The minimum absolute atomic E-state index is 0.0293. The van der Waals surface area contributed by atoms with Crippen molar-refractivity contribution in [3.8, 4) is 11.4 Å². The Labute approximate surface area is 380 Å². The van der Waals surface area contributed by atoms with E-state index in [0.29, 0.717) is 46.2 Å². The summed E-state index contributed by atoms with van der Waals surface area (Å²) in [5.41, 5.74) is 7.63. The lowest BCUT2D eigenvalue weighted by Gasteiger charge is -2.32. The summed E-state index contributed by atoms with van der Waals surface area (Å²) >= 11 is 0. The predicted molar refractivity (Wildman–Crippen MR) is 243 cm³/mol. The number of imidazole rings is 2. The molecule has 8 rings (SSSR count). The highest BCUT2D eigenvalue weighted by molar-refractivity contribution is 6.27. The van der Waals surface area contributed by atoms with Crippen LogP contribution >= 0.6 is 0 Å². The first-order valence-electron chi connectivity index (χ1n) is 21.8. The lowest BCUT2D eigenvalue weighted by atomic mass is 9.93. The molecule has 0 saturated heterocycles. The molecule has 2 aliphatic heterocycles. The molecule has 66 heavy (non-hydrogen) atoms. The van der Waals surface area contributed by atoms with E-state index in [9.17, 15) is 28.8 Å². The van der Waals surface area contributed by atoms with Gasteiger partial charge in [0.05, 0.1) is 43.9 Å². The summed E-state index contributed by atoms with van der Waals surface area (Å²) in [6.07, 6.45) is 9.72. The van der Waals surface area contributed by atoms with Gasteiger partial charge in [0.15, 0.2) is 0 Å². The summed E-state index contributed by atoms with van der Waals surface area (Å²) in [5, 5.41) is 2.54. The largest absolute Gasteiger partial charge is 0.444 e. The first-order valence-corrected chi connectivity index (χ1v) is 21.8. The lowest BCUT2D eigenvalue weighted by molar-refractivity contribution is -0.136. The van der Waals surface area contributed by atoms with Gasteiger partial charge >= 0.3 is 6.09 Å². The van der Waals surface area contributed by atoms with E-state index in [-0.39, 0.29) is 65.5 Å². The Bertz CT molecular complexity index is 2760. The number of hydrogen-bond donors (Lipinski definition) is 1. The molecule has 6 amide bonds. The number of aromatic nitrogens is 4. The van der Waals surface area contributed by atoms with Crippen LogP contribution in [-0.2, 0) is 19.0 Å². The molecule has 0 radical (unpaired) electrons. The van der Waals surface area contributed by atoms with E-state index in [4.69, 9.17) is 19.9 Å². The molecule has 0 spiro atoms. The van der Waals surface area contributed by atoms with Crippen molar-refractivity contribution in [2.45, 2.75) is 32.8 Å². The van der Waals surface area contributed by atoms with Crippen molar-refractivity contribution in [1.29, 1.82) is 0 Å². The summed E-state index contributed by atoms with van der Waals surface area (Å²) < 4.78 is 20.4. The van der Waals surface area contributed by atoms with Crippen LogP contribution in [0.5, 0.6) is 0 Å². The van der Waals surface area contributed by atoms with Gasteiger partial charge in [-0.15, -0.1) is 0 Å². The van der Waals surface area contributed by atoms with E-state index in [1.54, 1.807) is 94.6 Å². The van der Waals surface area contributed by atoms with Gasteiger partial charge in [-0.3, -0.25) is 33.8 Å². The molecule has 18 nitrogen and oxygen atoms in total. The van der Waals surface area contributed by atoms with E-state index >= 15 is 0 Å². The number of nitrogens with zero attached hydrogens (tertiary/aromatic N) is 8. The number of hydrogen-bond acceptors (Lipinski definition) is 12. The van der Waals surface area contributed by atoms with Gasteiger partial charge in [-0.25, -0.2) is 14.8 Å². The monoisotopic (exact) mass is 897 g/mol. The van der Waals surface area contributed by atoms with E-state index in [1.807, 2.05) is 33.4 Å². The van der Waals surface area contributed by atoms with Crippen LogP contribution in [0.2, 0.25) is 0 Å². The molecule has 0 saturated carbocycles. The number of nitrogens with two attached hydrogens (primary N) is 1. The van der Waals surface area contributed by atoms with Gasteiger partial charge in [0.25, 0.3) is 23.6 Å². The third-order valence-corrected chi connectivity index (χ3v) is 11.4. The number of amides is 6. The summed E-state index contributed by atoms with van der Waals surface area (Å²) in [6.45, 7) is 5.78. The fourth-order valence-corrected chi connectivity index (χ4v) is 8.35. The second kappa shape index (κ2) is 19.4. The second-order valence-electron chi connectivity index (χ2n) is 16.8. The topological polar surface area (TPSA) is 205 Å². The van der Waals surface area contributed by atoms with Gasteiger partial charge in [-0.2, -0.15) is 0 Å². The normalized spacial score (nSPS) is 13.6. The van der Waals surface area contributed by atoms with E-state index in [1.165, 1.54) is 9.80 Å². The molecule has 0 aliphatic carbocycles. The van der Waals surface area contributed by atoms with Crippen molar-refractivity contribution in [2.75, 3.05) is 72.2 Å². The quantitative estimate of drug-likeness (QED) is 0.0868. The molecular formula is C48H51N9O9. The standard InChI is InChI=1S/C48H51N9O9/c1-48(2,3)66-47(63)53(23-25-57-44(60)35-10-5-8-33-39(55-21-17-51-31-55)14-12-37(42(33)35)46(57)62)19-6-18-52(40(58)29-65-28-27-64-26-15-49)22-24-56-43(59)34-9-4-7-32-38(54-20-16-50-30-54)13-11-36(41(32)34)45(56)61/h4-5,7-14,16-17,20-21,30-31H,6,15,18-19,22-29,49H2,1-3H3. The summed E-state index contributed by atoms with van der Waals surface area (Å²) in [4.78, 5) is 97.1. The van der Waals surface area contributed by atoms with Gasteiger partial charge in [-0.1, -0.05) is 24.3 Å². The summed E-state index contributed by atoms with van der Waals surface area (Å²) in [7, 11) is 0. The fourth-order valence-electron chi connectivity index (χ4n) is 8.35. The number of benzene rings is 4. The Kier molecular flexibility index (Phi) is 13.3. The van der Waals surface area contributed by atoms with Gasteiger partial charge in [0, 0.05) is 114 Å². The summed E-state index contributed by atoms with van der Waals surface area (Å²) in [5.74, 6) is -2.37. The van der Waals surface area contributed by atoms with Gasteiger partial charge in [0.1, 0.15) is 12.2 Å². The molecule has 342 valence electrons. The Morgan fingerprint density at radius 1 is 0.621 bits per heavy atom. The van der Waals surface area contributed by atoms with Crippen LogP contribution in [-0.4, -0.2) is 152 Å². The highest BCUT2D eigenvalue weighted by Crippen LogP contribution is 2.35. The SMILES string of the molecule is CC(C)(C)OC(=O)N(CCCN(CCN1C(=O)c2cccc3c(-n4ccnc4)ccc(c23)C1=O)C(=O)COCCOCCN)CCN1C(=O)c2cccc3c(-n4ccnc4)ccc(c23)C1=O. The van der Waals surface area contributed by atoms with Crippen molar-refractivity contribution in [1.82, 2.24) is 38.7 Å². The Balaban J connectivity index is 0.976. The van der Waals surface area contributed by atoms with Crippen LogP contribution in [0.25, 0.3) is 32.9 Å². The molecule has 0 fully saturated rings. The highest BCUT2D eigenvalue weighted by atomic mass is 16.6. The van der Waals surface area contributed by atoms with Gasteiger partial charge in [0.2, 0.25) is 5.91 Å². The zero-order chi connectivity index (χ0) is 46.5. The molecule has 0 bridgehead atoms. The van der Waals surface area contributed by atoms with Crippen LogP contribution in [0.15, 0.2) is 98.1 Å². The van der Waals surface area contributed by atoms with Crippen LogP contribution in [0.4, 0.5) is 4.79 Å². The molecule has 18 heteroatoms. The molecular weight excluding hydrogens is 847 g/mol. The van der Waals surface area contributed by atoms with Gasteiger partial charge in [-0.05, 0) is 63.6 Å². The zero-order valence-electron chi connectivity index (χ0n) is 37.1. The molecule has 0 unspecified atom stereocenters. The van der Waals surface area contributed by atoms with E-state index < -0.39 is 41.2 Å². The Morgan fingerprint density at radius 2 is 1.11 bits per heavy atom. The number of carbonyl (C=O) groups excluding carboxylic acids is 6.